The Hall–Kier alpha value is -0.770. The van der Waals surface area contributed by atoms with Gasteiger partial charge in [0.05, 0.1) is 6.61 Å². The van der Waals surface area contributed by atoms with Crippen molar-refractivity contribution < 1.29 is 4.74 Å². The van der Waals surface area contributed by atoms with Crippen LogP contribution in [0.4, 0.5) is 0 Å². The van der Waals surface area contributed by atoms with Crippen molar-refractivity contribution in [1.29, 1.82) is 0 Å². The van der Waals surface area contributed by atoms with Crippen LogP contribution in [-0.2, 0) is 4.74 Å². The molecular weight excluding hydrogens is 214 g/mol. The summed E-state index contributed by atoms with van der Waals surface area (Å²) in [4.78, 5) is 4.46. The molecule has 0 aliphatic carbocycles. The van der Waals surface area contributed by atoms with Gasteiger partial charge in [-0.2, -0.15) is 0 Å². The minimum absolute atomic E-state index is 0.197. The maximum atomic E-state index is 5.86. The Morgan fingerprint density at radius 2 is 1.82 bits per heavy atom. The van der Waals surface area contributed by atoms with E-state index in [9.17, 15) is 0 Å². The van der Waals surface area contributed by atoms with Crippen molar-refractivity contribution in [3.8, 4) is 0 Å². The van der Waals surface area contributed by atoms with Crippen LogP contribution in [0.15, 0.2) is 4.99 Å². The zero-order valence-electron chi connectivity index (χ0n) is 12.0. The number of hydrogen-bond acceptors (Lipinski definition) is 2. The zero-order valence-corrected chi connectivity index (χ0v) is 12.0. The van der Waals surface area contributed by atoms with Gasteiger partial charge in [-0.25, -0.2) is 0 Å². The minimum atomic E-state index is 0.197. The second-order valence-corrected chi connectivity index (χ2v) is 4.76. The molecule has 0 radical (unpaired) electrons. The predicted molar refractivity (Wildman–Crippen MR) is 74.3 cm³/mol. The SMILES string of the molecule is CCC(CC)(CC)CN=C(N)NC(C)COC. The largest absolute Gasteiger partial charge is 0.383 e. The van der Waals surface area contributed by atoms with Crippen LogP contribution >= 0.6 is 0 Å². The van der Waals surface area contributed by atoms with Gasteiger partial charge in [0.15, 0.2) is 5.96 Å². The summed E-state index contributed by atoms with van der Waals surface area (Å²) in [6.07, 6.45) is 3.43. The Balaban J connectivity index is 4.29. The predicted octanol–water partition coefficient (Wildman–Crippen LogP) is 2.14. The van der Waals surface area contributed by atoms with Gasteiger partial charge in [0.25, 0.3) is 0 Å². The molecule has 4 nitrogen and oxygen atoms in total. The van der Waals surface area contributed by atoms with Crippen LogP contribution in [0.3, 0.4) is 0 Å². The van der Waals surface area contributed by atoms with Gasteiger partial charge in [0.1, 0.15) is 0 Å². The van der Waals surface area contributed by atoms with E-state index in [4.69, 9.17) is 10.5 Å². The van der Waals surface area contributed by atoms with Gasteiger partial charge in [-0.3, -0.25) is 4.99 Å². The van der Waals surface area contributed by atoms with E-state index in [-0.39, 0.29) is 6.04 Å². The van der Waals surface area contributed by atoms with Crippen LogP contribution in [-0.4, -0.2) is 32.3 Å². The smallest absolute Gasteiger partial charge is 0.188 e. The standard InChI is InChI=1S/C13H29N3O/c1-6-13(7-2,8-3)10-15-12(14)16-11(4)9-17-5/h11H,6-10H2,1-5H3,(H3,14,15,16). The molecule has 0 aromatic heterocycles. The molecule has 3 N–H and O–H groups in total. The molecule has 0 fully saturated rings. The van der Waals surface area contributed by atoms with Crippen LogP contribution < -0.4 is 11.1 Å². The van der Waals surface area contributed by atoms with E-state index in [2.05, 4.69) is 31.1 Å². The van der Waals surface area contributed by atoms with Crippen LogP contribution in [0, 0.1) is 5.41 Å². The molecule has 0 rings (SSSR count). The first-order valence-corrected chi connectivity index (χ1v) is 6.59. The van der Waals surface area contributed by atoms with E-state index in [0.717, 1.165) is 25.8 Å². The van der Waals surface area contributed by atoms with Crippen LogP contribution in [0.5, 0.6) is 0 Å². The molecule has 1 unspecified atom stereocenters. The third kappa shape index (κ3) is 5.91. The molecule has 0 aromatic rings. The summed E-state index contributed by atoms with van der Waals surface area (Å²) < 4.78 is 5.04. The average Bonchev–Trinajstić information content (AvgIpc) is 2.32. The molecule has 17 heavy (non-hydrogen) atoms. The lowest BCUT2D eigenvalue weighted by Crippen LogP contribution is -2.41. The third-order valence-corrected chi connectivity index (χ3v) is 3.65. The highest BCUT2D eigenvalue weighted by atomic mass is 16.5. The molecule has 0 spiro atoms. The number of guanidine groups is 1. The summed E-state index contributed by atoms with van der Waals surface area (Å²) in [7, 11) is 1.68. The summed E-state index contributed by atoms with van der Waals surface area (Å²) >= 11 is 0. The second-order valence-electron chi connectivity index (χ2n) is 4.76. The van der Waals surface area contributed by atoms with E-state index >= 15 is 0 Å². The van der Waals surface area contributed by atoms with Crippen molar-refractivity contribution in [2.75, 3.05) is 20.3 Å². The quantitative estimate of drug-likeness (QED) is 0.507. The fourth-order valence-corrected chi connectivity index (χ4v) is 1.93. The highest BCUT2D eigenvalue weighted by molar-refractivity contribution is 5.78. The molecule has 0 aromatic carbocycles. The van der Waals surface area contributed by atoms with E-state index in [1.54, 1.807) is 7.11 Å². The number of nitrogens with zero attached hydrogens (tertiary/aromatic N) is 1. The van der Waals surface area contributed by atoms with E-state index < -0.39 is 0 Å². The number of methoxy groups -OCH3 is 1. The van der Waals surface area contributed by atoms with Gasteiger partial charge >= 0.3 is 0 Å². The van der Waals surface area contributed by atoms with Crippen LogP contribution in [0.25, 0.3) is 0 Å². The highest BCUT2D eigenvalue weighted by Crippen LogP contribution is 2.30. The summed E-state index contributed by atoms with van der Waals surface area (Å²) in [6.45, 7) is 10.1. The Labute approximate surface area is 106 Å². The fourth-order valence-electron chi connectivity index (χ4n) is 1.93. The van der Waals surface area contributed by atoms with Gasteiger partial charge in [-0.05, 0) is 31.6 Å². The number of rotatable bonds is 8. The molecule has 0 aliphatic rings. The Morgan fingerprint density at radius 1 is 1.29 bits per heavy atom. The van der Waals surface area contributed by atoms with Crippen molar-refractivity contribution in [3.63, 3.8) is 0 Å². The first-order valence-electron chi connectivity index (χ1n) is 6.59. The number of nitrogens with two attached hydrogens (primary N) is 1. The van der Waals surface area contributed by atoms with Gasteiger partial charge in [-0.15, -0.1) is 0 Å². The lowest BCUT2D eigenvalue weighted by atomic mass is 9.80. The van der Waals surface area contributed by atoms with Crippen molar-refractivity contribution in [1.82, 2.24) is 5.32 Å². The van der Waals surface area contributed by atoms with Crippen molar-refractivity contribution in [2.45, 2.75) is 53.0 Å². The van der Waals surface area contributed by atoms with Gasteiger partial charge in [0, 0.05) is 19.7 Å². The molecular formula is C13H29N3O. The van der Waals surface area contributed by atoms with Gasteiger partial charge < -0.3 is 15.8 Å². The molecule has 0 saturated heterocycles. The lowest BCUT2D eigenvalue weighted by Gasteiger charge is -2.28. The van der Waals surface area contributed by atoms with E-state index in [1.165, 1.54) is 0 Å². The summed E-state index contributed by atoms with van der Waals surface area (Å²) in [5.41, 5.74) is 6.16. The zero-order chi connectivity index (χ0) is 13.3. The Bertz CT molecular complexity index is 216. The normalized spacial score (nSPS) is 14.8. The molecule has 4 heteroatoms. The summed E-state index contributed by atoms with van der Waals surface area (Å²) in [6, 6.07) is 0.197. The topological polar surface area (TPSA) is 59.6 Å². The van der Waals surface area contributed by atoms with Crippen molar-refractivity contribution >= 4 is 5.96 Å². The lowest BCUT2D eigenvalue weighted by molar-refractivity contribution is 0.179. The molecule has 102 valence electrons. The summed E-state index contributed by atoms with van der Waals surface area (Å²) in [5, 5.41) is 3.13. The number of ether oxygens (including phenoxy) is 1. The molecule has 0 amide bonds. The first kappa shape index (κ1) is 16.2. The summed E-state index contributed by atoms with van der Waals surface area (Å²) in [5.74, 6) is 0.522. The van der Waals surface area contributed by atoms with Crippen molar-refractivity contribution in [2.24, 2.45) is 16.1 Å². The minimum Gasteiger partial charge on any atom is -0.383 e. The van der Waals surface area contributed by atoms with E-state index in [0.29, 0.717) is 18.0 Å². The monoisotopic (exact) mass is 243 g/mol. The third-order valence-electron chi connectivity index (χ3n) is 3.65. The van der Waals surface area contributed by atoms with Crippen molar-refractivity contribution in [3.05, 3.63) is 0 Å². The van der Waals surface area contributed by atoms with E-state index in [1.807, 2.05) is 6.92 Å². The maximum Gasteiger partial charge on any atom is 0.188 e. The molecule has 0 saturated carbocycles. The first-order chi connectivity index (χ1) is 8.03. The number of aliphatic imine (C=N–C) groups is 1. The Morgan fingerprint density at radius 3 is 2.24 bits per heavy atom. The van der Waals surface area contributed by atoms with Gasteiger partial charge in [-0.1, -0.05) is 20.8 Å². The average molecular weight is 243 g/mol. The molecule has 1 atom stereocenters. The maximum absolute atomic E-state index is 5.86. The Kier molecular flexibility index (Phi) is 7.96. The number of hydrogen-bond donors (Lipinski definition) is 2. The number of nitrogens with one attached hydrogen (secondary N) is 1. The molecule has 0 heterocycles. The van der Waals surface area contributed by atoms with Gasteiger partial charge in [0.2, 0.25) is 0 Å². The fraction of sp³-hybridized carbons (Fsp3) is 0.923. The molecule has 0 bridgehead atoms. The second kappa shape index (κ2) is 8.34. The molecule has 0 aliphatic heterocycles. The van der Waals surface area contributed by atoms with Crippen LogP contribution in [0.1, 0.15) is 47.0 Å². The highest BCUT2D eigenvalue weighted by Gasteiger charge is 2.23. The van der Waals surface area contributed by atoms with Crippen LogP contribution in [0.2, 0.25) is 0 Å².